The number of nitrogens with zero attached hydrogens (tertiary/aromatic N) is 3. The van der Waals surface area contributed by atoms with Gasteiger partial charge in [0.05, 0.1) is 24.6 Å². The van der Waals surface area contributed by atoms with E-state index in [9.17, 15) is 4.79 Å². The van der Waals surface area contributed by atoms with Crippen LogP contribution in [0.2, 0.25) is 0 Å². The lowest BCUT2D eigenvalue weighted by Gasteiger charge is -2.29. The van der Waals surface area contributed by atoms with Crippen LogP contribution in [-0.2, 0) is 4.74 Å². The Hall–Kier alpha value is -3.64. The number of morpholine rings is 1. The molecule has 1 fully saturated rings. The molecule has 0 bridgehead atoms. The Morgan fingerprint density at radius 2 is 1.81 bits per heavy atom. The minimum absolute atomic E-state index is 0.0654. The highest BCUT2D eigenvalue weighted by atomic mass is 16.5. The fourth-order valence-corrected chi connectivity index (χ4v) is 4.21. The van der Waals surface area contributed by atoms with Crippen molar-refractivity contribution in [3.05, 3.63) is 78.1 Å². The molecule has 1 N–H and O–H groups in total. The number of aromatic nitrogens is 2. The van der Waals surface area contributed by atoms with Crippen molar-refractivity contribution >= 4 is 28.5 Å². The molecule has 5 rings (SSSR count). The molecule has 32 heavy (non-hydrogen) atoms. The molecule has 0 amide bonds. The Labute approximate surface area is 187 Å². The van der Waals surface area contributed by atoms with E-state index in [4.69, 9.17) is 4.74 Å². The Balaban J connectivity index is 1.45. The molecule has 0 aliphatic carbocycles. The second kappa shape index (κ2) is 8.48. The third-order valence-corrected chi connectivity index (χ3v) is 5.85. The van der Waals surface area contributed by atoms with Crippen molar-refractivity contribution in [1.82, 2.24) is 9.38 Å². The number of anilines is 3. The smallest absolute Gasteiger partial charge is 0.161 e. The van der Waals surface area contributed by atoms with E-state index in [0.717, 1.165) is 65.7 Å². The van der Waals surface area contributed by atoms with Gasteiger partial charge in [0, 0.05) is 42.4 Å². The number of carbonyl (C=O) groups is 1. The van der Waals surface area contributed by atoms with Crippen LogP contribution in [-0.4, -0.2) is 41.5 Å². The fourth-order valence-electron chi connectivity index (χ4n) is 4.21. The van der Waals surface area contributed by atoms with Crippen LogP contribution < -0.4 is 10.2 Å². The van der Waals surface area contributed by atoms with Crippen molar-refractivity contribution < 1.29 is 9.53 Å². The van der Waals surface area contributed by atoms with Crippen molar-refractivity contribution in [1.29, 1.82) is 0 Å². The molecular weight excluding hydrogens is 400 g/mol. The SMILES string of the molecule is CC(=O)c1cc(C)cc(-c2ccc(Nc3ccc(N4CCOCC4)cc3)c3nccn23)c1. The predicted molar refractivity (Wildman–Crippen MR) is 128 cm³/mol. The molecule has 2 aromatic heterocycles. The van der Waals surface area contributed by atoms with Crippen LogP contribution in [0.4, 0.5) is 17.1 Å². The second-order valence-corrected chi connectivity index (χ2v) is 8.17. The average Bonchev–Trinajstić information content (AvgIpc) is 3.30. The summed E-state index contributed by atoms with van der Waals surface area (Å²) in [5.41, 5.74) is 7.76. The lowest BCUT2D eigenvalue weighted by atomic mass is 10.0. The van der Waals surface area contributed by atoms with Crippen LogP contribution in [0.1, 0.15) is 22.8 Å². The highest BCUT2D eigenvalue weighted by Crippen LogP contribution is 2.29. The first kappa shape index (κ1) is 20.3. The number of Topliss-reactive ketones (excluding diaryl/α,β-unsaturated/α-hetero) is 1. The molecule has 162 valence electrons. The Morgan fingerprint density at radius 3 is 2.56 bits per heavy atom. The first-order valence-corrected chi connectivity index (χ1v) is 10.9. The number of pyridine rings is 1. The summed E-state index contributed by atoms with van der Waals surface area (Å²) in [5.74, 6) is 0.0654. The highest BCUT2D eigenvalue weighted by Gasteiger charge is 2.13. The Bertz CT molecular complexity index is 1270. The number of fused-ring (bicyclic) bond motifs is 1. The molecule has 0 unspecified atom stereocenters. The minimum atomic E-state index is 0.0654. The van der Waals surface area contributed by atoms with Crippen molar-refractivity contribution in [3.8, 4) is 11.3 Å². The Morgan fingerprint density at radius 1 is 1.03 bits per heavy atom. The van der Waals surface area contributed by atoms with Gasteiger partial charge in [-0.2, -0.15) is 0 Å². The zero-order chi connectivity index (χ0) is 22.1. The molecule has 6 nitrogen and oxygen atoms in total. The van der Waals surface area contributed by atoms with Gasteiger partial charge in [0.25, 0.3) is 0 Å². The fraction of sp³-hybridized carbons (Fsp3) is 0.231. The maximum atomic E-state index is 11.9. The second-order valence-electron chi connectivity index (χ2n) is 8.17. The monoisotopic (exact) mass is 426 g/mol. The molecule has 1 aliphatic rings. The van der Waals surface area contributed by atoms with E-state index in [1.165, 1.54) is 5.69 Å². The van der Waals surface area contributed by atoms with Crippen molar-refractivity contribution in [2.45, 2.75) is 13.8 Å². The average molecular weight is 427 g/mol. The van der Waals surface area contributed by atoms with Gasteiger partial charge in [0.2, 0.25) is 0 Å². The first-order valence-electron chi connectivity index (χ1n) is 10.9. The number of benzene rings is 2. The molecule has 3 heterocycles. The molecule has 2 aromatic carbocycles. The summed E-state index contributed by atoms with van der Waals surface area (Å²) < 4.78 is 7.50. The number of hydrogen-bond acceptors (Lipinski definition) is 5. The van der Waals surface area contributed by atoms with Crippen LogP contribution in [0.3, 0.4) is 0 Å². The minimum Gasteiger partial charge on any atom is -0.378 e. The molecule has 1 saturated heterocycles. The number of carbonyl (C=O) groups excluding carboxylic acids is 1. The normalized spacial score (nSPS) is 14.0. The van der Waals surface area contributed by atoms with Gasteiger partial charge in [-0.15, -0.1) is 0 Å². The van der Waals surface area contributed by atoms with Crippen molar-refractivity contribution in [2.75, 3.05) is 36.5 Å². The lowest BCUT2D eigenvalue weighted by molar-refractivity contribution is 0.101. The lowest BCUT2D eigenvalue weighted by Crippen LogP contribution is -2.36. The van der Waals surface area contributed by atoms with Gasteiger partial charge in [-0.1, -0.05) is 0 Å². The van der Waals surface area contributed by atoms with E-state index in [1.54, 1.807) is 13.1 Å². The zero-order valence-electron chi connectivity index (χ0n) is 18.3. The summed E-state index contributed by atoms with van der Waals surface area (Å²) in [6.45, 7) is 7.01. The predicted octanol–water partition coefficient (Wildman–Crippen LogP) is 5.09. The number of rotatable bonds is 5. The maximum absolute atomic E-state index is 11.9. The van der Waals surface area contributed by atoms with Gasteiger partial charge in [-0.05, 0) is 79.6 Å². The van der Waals surface area contributed by atoms with Gasteiger partial charge in [-0.25, -0.2) is 4.98 Å². The topological polar surface area (TPSA) is 58.9 Å². The maximum Gasteiger partial charge on any atom is 0.161 e. The summed E-state index contributed by atoms with van der Waals surface area (Å²) in [6, 6.07) is 18.5. The third kappa shape index (κ3) is 3.97. The molecule has 0 atom stereocenters. The molecule has 0 saturated carbocycles. The quantitative estimate of drug-likeness (QED) is 0.450. The summed E-state index contributed by atoms with van der Waals surface area (Å²) in [5, 5.41) is 3.50. The van der Waals surface area contributed by atoms with Crippen LogP contribution in [0.15, 0.2) is 67.0 Å². The van der Waals surface area contributed by atoms with E-state index < -0.39 is 0 Å². The van der Waals surface area contributed by atoms with E-state index in [0.29, 0.717) is 0 Å². The number of ketones is 1. The van der Waals surface area contributed by atoms with E-state index in [-0.39, 0.29) is 5.78 Å². The van der Waals surface area contributed by atoms with E-state index in [2.05, 4.69) is 56.0 Å². The molecule has 0 spiro atoms. The zero-order valence-corrected chi connectivity index (χ0v) is 18.3. The molecule has 0 radical (unpaired) electrons. The highest BCUT2D eigenvalue weighted by molar-refractivity contribution is 5.95. The largest absolute Gasteiger partial charge is 0.378 e. The van der Waals surface area contributed by atoms with E-state index in [1.807, 2.05) is 31.3 Å². The van der Waals surface area contributed by atoms with Crippen LogP contribution in [0.5, 0.6) is 0 Å². The molecule has 1 aliphatic heterocycles. The van der Waals surface area contributed by atoms with Gasteiger partial charge in [0.15, 0.2) is 11.4 Å². The molecule has 6 heteroatoms. The molecular formula is C26H26N4O2. The first-order chi connectivity index (χ1) is 15.6. The summed E-state index contributed by atoms with van der Waals surface area (Å²) >= 11 is 0. The number of hydrogen-bond donors (Lipinski definition) is 1. The molecule has 4 aromatic rings. The van der Waals surface area contributed by atoms with Crippen LogP contribution >= 0.6 is 0 Å². The van der Waals surface area contributed by atoms with Gasteiger partial charge < -0.3 is 15.0 Å². The van der Waals surface area contributed by atoms with Crippen LogP contribution in [0, 0.1) is 6.92 Å². The summed E-state index contributed by atoms with van der Waals surface area (Å²) in [6.07, 6.45) is 3.75. The summed E-state index contributed by atoms with van der Waals surface area (Å²) in [7, 11) is 0. The van der Waals surface area contributed by atoms with Crippen molar-refractivity contribution in [3.63, 3.8) is 0 Å². The van der Waals surface area contributed by atoms with E-state index >= 15 is 0 Å². The summed E-state index contributed by atoms with van der Waals surface area (Å²) in [4.78, 5) is 18.9. The number of aryl methyl sites for hydroxylation is 1. The third-order valence-electron chi connectivity index (χ3n) is 5.85. The number of ether oxygens (including phenoxy) is 1. The Kier molecular flexibility index (Phi) is 5.37. The van der Waals surface area contributed by atoms with Crippen molar-refractivity contribution in [2.24, 2.45) is 0 Å². The number of imidazole rings is 1. The van der Waals surface area contributed by atoms with Gasteiger partial charge >= 0.3 is 0 Å². The van der Waals surface area contributed by atoms with Gasteiger partial charge in [0.1, 0.15) is 0 Å². The van der Waals surface area contributed by atoms with Gasteiger partial charge in [-0.3, -0.25) is 9.20 Å². The van der Waals surface area contributed by atoms with Crippen LogP contribution in [0.25, 0.3) is 16.9 Å². The number of nitrogens with one attached hydrogen (secondary N) is 1. The standard InChI is InChI=1S/C26H26N4O2/c1-18-15-20(19(2)31)17-21(16-18)25-8-7-24(26-27-9-10-30(25)26)28-22-3-5-23(6-4-22)29-11-13-32-14-12-29/h3-10,15-17,28H,11-14H2,1-2H3.